The number of fused-ring (bicyclic) bond motifs is 1. The van der Waals surface area contributed by atoms with Gasteiger partial charge in [-0.15, -0.1) is 0 Å². The van der Waals surface area contributed by atoms with E-state index in [0.29, 0.717) is 42.9 Å². The van der Waals surface area contributed by atoms with Crippen molar-refractivity contribution >= 4 is 28.7 Å². The predicted octanol–water partition coefficient (Wildman–Crippen LogP) is 3.66. The standard InChI is InChI=1S/C21H23F3N6O2/c22-11-7-15(23)18(16(24)8-11)28-21-27-17-9-25-20(26-12-1-3-14(31)4-2-12)29-19(17)30(21)13-5-6-32-10-13/h7-9,12-14,31H,1-6,10H2,(H,27,28)(H,25,26,29)/i3D,4D,14D. The average molecular weight is 451 g/mol. The normalized spacial score (nSPS) is 31.8. The number of rotatable bonds is 5. The van der Waals surface area contributed by atoms with Crippen LogP contribution in [0.15, 0.2) is 18.3 Å². The van der Waals surface area contributed by atoms with Gasteiger partial charge in [-0.1, -0.05) is 0 Å². The summed E-state index contributed by atoms with van der Waals surface area (Å²) in [6.45, 7) is 0.806. The maximum Gasteiger partial charge on any atom is 0.224 e. The highest BCUT2D eigenvalue weighted by Crippen LogP contribution is 2.32. The number of nitrogens with zero attached hydrogens (tertiary/aromatic N) is 4. The fourth-order valence-corrected chi connectivity index (χ4v) is 3.90. The lowest BCUT2D eigenvalue weighted by atomic mass is 9.93. The quantitative estimate of drug-likeness (QED) is 0.545. The van der Waals surface area contributed by atoms with Gasteiger partial charge in [-0.2, -0.15) is 4.98 Å². The minimum atomic E-state index is -2.14. The molecule has 0 amide bonds. The molecule has 32 heavy (non-hydrogen) atoms. The number of anilines is 3. The van der Waals surface area contributed by atoms with Crippen LogP contribution in [0.5, 0.6) is 0 Å². The van der Waals surface area contributed by atoms with Gasteiger partial charge in [0.15, 0.2) is 17.3 Å². The van der Waals surface area contributed by atoms with E-state index in [-0.39, 0.29) is 30.8 Å². The van der Waals surface area contributed by atoms with Gasteiger partial charge in [-0.3, -0.25) is 4.57 Å². The Morgan fingerprint density at radius 3 is 2.59 bits per heavy atom. The van der Waals surface area contributed by atoms with Crippen LogP contribution in [0, 0.1) is 17.5 Å². The van der Waals surface area contributed by atoms with Crippen LogP contribution in [0.4, 0.5) is 30.8 Å². The number of aromatic nitrogens is 4. The fourth-order valence-electron chi connectivity index (χ4n) is 3.90. The Kier molecular flexibility index (Phi) is 4.71. The third kappa shape index (κ3) is 4.09. The zero-order valence-electron chi connectivity index (χ0n) is 19.9. The summed E-state index contributed by atoms with van der Waals surface area (Å²) in [7, 11) is 0. The SMILES string of the molecule is [2H]C1CC(Nc2ncc3nc(Nc4c(F)cc(F)cc4F)n(C4CCOC4)c3n2)CC([2H])C1([2H])O. The van der Waals surface area contributed by atoms with E-state index in [9.17, 15) is 18.3 Å². The summed E-state index contributed by atoms with van der Waals surface area (Å²) in [5.41, 5.74) is 0.149. The van der Waals surface area contributed by atoms with Crippen LogP contribution in [0.3, 0.4) is 0 Å². The fraction of sp³-hybridized carbons (Fsp3) is 0.476. The molecule has 0 radical (unpaired) electrons. The number of aliphatic hydroxyl groups is 1. The summed E-state index contributed by atoms with van der Waals surface area (Å²) in [4.78, 5) is 13.1. The van der Waals surface area contributed by atoms with Gasteiger partial charge in [0.25, 0.3) is 0 Å². The van der Waals surface area contributed by atoms with E-state index in [1.165, 1.54) is 6.20 Å². The first-order valence-electron chi connectivity index (χ1n) is 11.9. The second kappa shape index (κ2) is 8.55. The molecule has 0 spiro atoms. The largest absolute Gasteiger partial charge is 0.393 e. The van der Waals surface area contributed by atoms with Crippen LogP contribution in [-0.4, -0.2) is 50.0 Å². The summed E-state index contributed by atoms with van der Waals surface area (Å²) < 4.78 is 72.8. The lowest BCUT2D eigenvalue weighted by Crippen LogP contribution is -2.29. The second-order valence-electron chi connectivity index (χ2n) is 7.74. The third-order valence-corrected chi connectivity index (χ3v) is 5.50. The van der Waals surface area contributed by atoms with E-state index in [2.05, 4.69) is 25.6 Å². The zero-order valence-corrected chi connectivity index (χ0v) is 16.9. The molecule has 1 aliphatic carbocycles. The molecule has 0 bridgehead atoms. The van der Waals surface area contributed by atoms with E-state index < -0.39 is 48.1 Å². The van der Waals surface area contributed by atoms with Gasteiger partial charge in [0.05, 0.1) is 26.3 Å². The molecule has 2 aromatic heterocycles. The smallest absolute Gasteiger partial charge is 0.224 e. The van der Waals surface area contributed by atoms with E-state index in [4.69, 9.17) is 8.85 Å². The third-order valence-electron chi connectivity index (χ3n) is 5.50. The van der Waals surface area contributed by atoms with Gasteiger partial charge >= 0.3 is 0 Å². The molecule has 3 aromatic rings. The maximum absolute atomic E-state index is 14.3. The molecule has 5 rings (SSSR count). The molecule has 8 nitrogen and oxygen atoms in total. The Morgan fingerprint density at radius 1 is 1.16 bits per heavy atom. The lowest BCUT2D eigenvalue weighted by molar-refractivity contribution is 0.126. The zero-order chi connectivity index (χ0) is 24.9. The number of halogens is 3. The number of benzene rings is 1. The van der Waals surface area contributed by atoms with Crippen molar-refractivity contribution in [2.75, 3.05) is 23.8 Å². The van der Waals surface area contributed by atoms with Gasteiger partial charge in [0.1, 0.15) is 17.0 Å². The van der Waals surface area contributed by atoms with Crippen molar-refractivity contribution in [3.63, 3.8) is 0 Å². The van der Waals surface area contributed by atoms with Crippen molar-refractivity contribution < 1.29 is 27.1 Å². The molecule has 3 unspecified atom stereocenters. The summed E-state index contributed by atoms with van der Waals surface area (Å²) in [5.74, 6) is -3.00. The first kappa shape index (κ1) is 17.6. The highest BCUT2D eigenvalue weighted by atomic mass is 19.1. The Bertz CT molecular complexity index is 1220. The van der Waals surface area contributed by atoms with E-state index in [1.807, 2.05) is 0 Å². The topological polar surface area (TPSA) is 97.1 Å². The maximum atomic E-state index is 14.3. The van der Waals surface area contributed by atoms with Crippen LogP contribution < -0.4 is 10.6 Å². The molecule has 3 N–H and O–H groups in total. The number of hydrogen-bond donors (Lipinski definition) is 3. The monoisotopic (exact) mass is 451 g/mol. The van der Waals surface area contributed by atoms with Gasteiger partial charge in [0.2, 0.25) is 11.9 Å². The minimum absolute atomic E-state index is 0.0840. The van der Waals surface area contributed by atoms with Crippen LogP contribution in [0.1, 0.15) is 42.2 Å². The van der Waals surface area contributed by atoms with Crippen LogP contribution in [0.25, 0.3) is 11.2 Å². The minimum Gasteiger partial charge on any atom is -0.393 e. The molecule has 11 heteroatoms. The van der Waals surface area contributed by atoms with Crippen molar-refractivity contribution in [1.29, 1.82) is 0 Å². The molecule has 3 atom stereocenters. The van der Waals surface area contributed by atoms with Crippen molar-refractivity contribution in [1.82, 2.24) is 19.5 Å². The number of hydrogen-bond acceptors (Lipinski definition) is 7. The number of imidazole rings is 1. The van der Waals surface area contributed by atoms with Crippen LogP contribution in [-0.2, 0) is 4.74 Å². The Morgan fingerprint density at radius 2 is 1.91 bits per heavy atom. The Labute approximate surface area is 186 Å². The molecular weight excluding hydrogens is 425 g/mol. The molecule has 170 valence electrons. The number of nitrogens with one attached hydrogen (secondary N) is 2. The molecule has 2 aliphatic rings. The van der Waals surface area contributed by atoms with Crippen LogP contribution >= 0.6 is 0 Å². The molecule has 3 heterocycles. The molecule has 2 fully saturated rings. The van der Waals surface area contributed by atoms with E-state index in [0.717, 1.165) is 0 Å². The van der Waals surface area contributed by atoms with Crippen molar-refractivity contribution in [3.05, 3.63) is 35.8 Å². The summed E-state index contributed by atoms with van der Waals surface area (Å²) in [6, 6.07) is 0.495. The highest BCUT2D eigenvalue weighted by Gasteiger charge is 2.27. The summed E-state index contributed by atoms with van der Waals surface area (Å²) in [5, 5.41) is 15.7. The van der Waals surface area contributed by atoms with Crippen LogP contribution in [0.2, 0.25) is 0 Å². The lowest BCUT2D eigenvalue weighted by Gasteiger charge is -2.26. The molecule has 1 aliphatic heterocycles. The second-order valence-corrected chi connectivity index (χ2v) is 7.74. The van der Waals surface area contributed by atoms with E-state index >= 15 is 0 Å². The summed E-state index contributed by atoms with van der Waals surface area (Å²) in [6.07, 6.45) is -2.19. The molecule has 1 aromatic carbocycles. The van der Waals surface area contributed by atoms with Crippen molar-refractivity contribution in [2.24, 2.45) is 0 Å². The van der Waals surface area contributed by atoms with Gasteiger partial charge < -0.3 is 20.5 Å². The average Bonchev–Trinajstić information content (AvgIpc) is 3.42. The van der Waals surface area contributed by atoms with Crippen molar-refractivity contribution in [2.45, 2.75) is 50.2 Å². The molecule has 1 saturated heterocycles. The predicted molar refractivity (Wildman–Crippen MR) is 111 cm³/mol. The molecular formula is C21H23F3N6O2. The van der Waals surface area contributed by atoms with E-state index in [1.54, 1.807) is 4.57 Å². The van der Waals surface area contributed by atoms with Gasteiger partial charge in [-0.25, -0.2) is 23.1 Å². The first-order chi connectivity index (χ1) is 16.6. The first-order valence-corrected chi connectivity index (χ1v) is 10.2. The highest BCUT2D eigenvalue weighted by molar-refractivity contribution is 5.76. The van der Waals surface area contributed by atoms with Crippen molar-refractivity contribution in [3.8, 4) is 0 Å². The number of ether oxygens (including phenoxy) is 1. The Balaban J connectivity index is 1.49. The Hall–Kier alpha value is -2.92. The molecule has 1 saturated carbocycles. The van der Waals surface area contributed by atoms with Gasteiger partial charge in [0, 0.05) is 27.5 Å². The summed E-state index contributed by atoms with van der Waals surface area (Å²) >= 11 is 0. The van der Waals surface area contributed by atoms with Gasteiger partial charge in [-0.05, 0) is 32.1 Å².